The Bertz CT molecular complexity index is 1500. The third kappa shape index (κ3) is 8.15. The van der Waals surface area contributed by atoms with Crippen molar-refractivity contribution in [1.29, 1.82) is 0 Å². The normalized spacial score (nSPS) is 15.9. The lowest BCUT2D eigenvalue weighted by molar-refractivity contribution is -0.137. The molecular weight excluding hydrogens is 591 g/mol. The van der Waals surface area contributed by atoms with Crippen LogP contribution in [0.5, 0.6) is 0 Å². The van der Waals surface area contributed by atoms with Gasteiger partial charge in [-0.15, -0.1) is 0 Å². The van der Waals surface area contributed by atoms with Crippen LogP contribution in [-0.2, 0) is 18.0 Å². The van der Waals surface area contributed by atoms with Crippen LogP contribution in [0.25, 0.3) is 10.6 Å². The summed E-state index contributed by atoms with van der Waals surface area (Å²) >= 11 is 0.833. The van der Waals surface area contributed by atoms with Crippen molar-refractivity contribution in [3.63, 3.8) is 0 Å². The Morgan fingerprint density at radius 3 is 2.53 bits per heavy atom. The Morgan fingerprint density at radius 2 is 1.86 bits per heavy atom. The molecule has 0 radical (unpaired) electrons. The Morgan fingerprint density at radius 1 is 1.12 bits per heavy atom. The van der Waals surface area contributed by atoms with Gasteiger partial charge >= 0.3 is 18.4 Å². The smallest absolute Gasteiger partial charge is 0.416 e. The summed E-state index contributed by atoms with van der Waals surface area (Å²) in [6.07, 6.45) is -3.20. The van der Waals surface area contributed by atoms with E-state index < -0.39 is 35.4 Å². The summed E-state index contributed by atoms with van der Waals surface area (Å²) in [7, 11) is 1.70. The van der Waals surface area contributed by atoms with Gasteiger partial charge in [0.2, 0.25) is 0 Å². The highest BCUT2D eigenvalue weighted by molar-refractivity contribution is 7.19. The van der Waals surface area contributed by atoms with E-state index >= 15 is 0 Å². The van der Waals surface area contributed by atoms with Gasteiger partial charge in [0.05, 0.1) is 11.8 Å². The third-order valence-electron chi connectivity index (χ3n) is 6.40. The first-order chi connectivity index (χ1) is 20.1. The van der Waals surface area contributed by atoms with Gasteiger partial charge in [0, 0.05) is 31.7 Å². The van der Waals surface area contributed by atoms with Gasteiger partial charge in [-0.25, -0.2) is 14.6 Å². The van der Waals surface area contributed by atoms with Gasteiger partial charge in [-0.1, -0.05) is 23.5 Å². The number of thiazole rings is 1. The number of carboxylic acid groups (broad SMARTS) is 1. The van der Waals surface area contributed by atoms with Gasteiger partial charge < -0.3 is 25.4 Å². The van der Waals surface area contributed by atoms with Crippen molar-refractivity contribution in [1.82, 2.24) is 20.1 Å². The number of ether oxygens (including phenoxy) is 1. The van der Waals surface area contributed by atoms with Gasteiger partial charge in [0.25, 0.3) is 5.91 Å². The minimum absolute atomic E-state index is 0.0121. The van der Waals surface area contributed by atoms with Crippen LogP contribution in [0.2, 0.25) is 0 Å². The minimum atomic E-state index is -4.58. The fourth-order valence-corrected chi connectivity index (χ4v) is 5.55. The molecule has 1 fully saturated rings. The fourth-order valence-electron chi connectivity index (χ4n) is 4.61. The number of anilines is 3. The second-order valence-electron chi connectivity index (χ2n) is 10.9. The highest BCUT2D eigenvalue weighted by atomic mass is 32.1. The van der Waals surface area contributed by atoms with Crippen molar-refractivity contribution in [3.05, 3.63) is 41.7 Å². The fraction of sp³-hybridized carbons (Fsp3) is 0.444. The average Bonchev–Trinajstić information content (AvgIpc) is 3.39. The minimum Gasteiger partial charge on any atom is -0.465 e. The lowest BCUT2D eigenvalue weighted by atomic mass is 10.1. The van der Waals surface area contributed by atoms with Crippen molar-refractivity contribution in [3.8, 4) is 10.6 Å². The number of amides is 3. The van der Waals surface area contributed by atoms with E-state index in [0.29, 0.717) is 43.9 Å². The summed E-state index contributed by atoms with van der Waals surface area (Å²) < 4.78 is 47.0. The molecule has 4 N–H and O–H groups in total. The van der Waals surface area contributed by atoms with E-state index in [4.69, 9.17) is 9.84 Å². The number of halogens is 3. The SMILES string of the molecule is Cn1ncc(NC(=O)c2nc(-c3cccc(C(F)(F)F)c3)sc2NC(=O)OC(C)(C)C)c1N1CCC[C@@H](NC(=O)O)CC1. The lowest BCUT2D eigenvalue weighted by Gasteiger charge is -2.24. The summed E-state index contributed by atoms with van der Waals surface area (Å²) in [6.45, 7) is 6.06. The maximum Gasteiger partial charge on any atom is 0.416 e. The molecule has 0 unspecified atom stereocenters. The summed E-state index contributed by atoms with van der Waals surface area (Å²) in [6, 6.07) is 4.30. The summed E-state index contributed by atoms with van der Waals surface area (Å²) in [5.74, 6) is -0.144. The molecule has 3 aromatic rings. The number of carbonyl (C=O) groups excluding carboxylic acids is 2. The zero-order chi connectivity index (χ0) is 31.5. The number of nitrogens with one attached hydrogen (secondary N) is 3. The number of aromatic nitrogens is 3. The highest BCUT2D eigenvalue weighted by Gasteiger charge is 2.32. The predicted molar refractivity (Wildman–Crippen MR) is 155 cm³/mol. The van der Waals surface area contributed by atoms with Gasteiger partial charge in [0.1, 0.15) is 21.3 Å². The first-order valence-corrected chi connectivity index (χ1v) is 14.2. The largest absolute Gasteiger partial charge is 0.465 e. The molecule has 16 heteroatoms. The van der Waals surface area contributed by atoms with Crippen molar-refractivity contribution >= 4 is 45.9 Å². The predicted octanol–water partition coefficient (Wildman–Crippen LogP) is 5.79. The zero-order valence-corrected chi connectivity index (χ0v) is 24.7. The van der Waals surface area contributed by atoms with Crippen molar-refractivity contribution in [2.45, 2.75) is 57.9 Å². The molecule has 0 spiro atoms. The topological polar surface area (TPSA) is 151 Å². The number of benzene rings is 1. The molecule has 1 aromatic carbocycles. The van der Waals surface area contributed by atoms with E-state index in [2.05, 4.69) is 26.0 Å². The van der Waals surface area contributed by atoms with Crippen molar-refractivity contribution in [2.75, 3.05) is 28.6 Å². The number of aryl methyl sites for hydroxylation is 1. The van der Waals surface area contributed by atoms with E-state index in [1.807, 2.05) is 4.90 Å². The molecule has 0 aliphatic carbocycles. The summed E-state index contributed by atoms with van der Waals surface area (Å²) in [4.78, 5) is 43.6. The Hall–Kier alpha value is -4.34. The summed E-state index contributed by atoms with van der Waals surface area (Å²) in [5, 5.41) is 21.2. The molecule has 0 bridgehead atoms. The molecule has 4 rings (SSSR count). The number of hydrogen-bond acceptors (Lipinski definition) is 8. The summed E-state index contributed by atoms with van der Waals surface area (Å²) in [5.41, 5.74) is -1.50. The number of nitrogens with zero attached hydrogens (tertiary/aromatic N) is 4. The van der Waals surface area contributed by atoms with Gasteiger partial charge in [-0.3, -0.25) is 14.8 Å². The van der Waals surface area contributed by atoms with Crippen LogP contribution >= 0.6 is 11.3 Å². The highest BCUT2D eigenvalue weighted by Crippen LogP contribution is 2.37. The Balaban J connectivity index is 1.63. The molecule has 1 aliphatic heterocycles. The van der Waals surface area contributed by atoms with Gasteiger partial charge in [0.15, 0.2) is 11.5 Å². The van der Waals surface area contributed by atoms with Crippen LogP contribution < -0.4 is 20.9 Å². The zero-order valence-electron chi connectivity index (χ0n) is 23.9. The maximum absolute atomic E-state index is 13.6. The van der Waals surface area contributed by atoms with E-state index in [1.165, 1.54) is 18.3 Å². The molecule has 43 heavy (non-hydrogen) atoms. The maximum atomic E-state index is 13.6. The second kappa shape index (κ2) is 12.5. The van der Waals surface area contributed by atoms with Crippen LogP contribution in [0, 0.1) is 0 Å². The van der Waals surface area contributed by atoms with E-state index in [9.17, 15) is 27.6 Å². The molecular formula is C27H32F3N7O5S. The van der Waals surface area contributed by atoms with E-state index in [1.54, 1.807) is 32.5 Å². The van der Waals surface area contributed by atoms with Crippen molar-refractivity contribution < 1.29 is 37.4 Å². The van der Waals surface area contributed by atoms with Crippen LogP contribution in [-0.4, -0.2) is 62.7 Å². The van der Waals surface area contributed by atoms with Crippen LogP contribution in [0.4, 0.5) is 39.3 Å². The lowest BCUT2D eigenvalue weighted by Crippen LogP contribution is -2.35. The quantitative estimate of drug-likeness (QED) is 0.270. The Kier molecular flexibility index (Phi) is 9.18. The molecule has 1 atom stereocenters. The molecule has 12 nitrogen and oxygen atoms in total. The average molecular weight is 624 g/mol. The number of hydrogen-bond donors (Lipinski definition) is 4. The molecule has 0 saturated carbocycles. The first-order valence-electron chi connectivity index (χ1n) is 13.4. The molecule has 3 amide bonds. The Labute approximate surface area is 249 Å². The van der Waals surface area contributed by atoms with E-state index in [-0.39, 0.29) is 27.3 Å². The van der Waals surface area contributed by atoms with Gasteiger partial charge in [-0.2, -0.15) is 18.3 Å². The molecule has 1 saturated heterocycles. The van der Waals surface area contributed by atoms with Gasteiger partial charge in [-0.05, 0) is 52.2 Å². The monoisotopic (exact) mass is 623 g/mol. The van der Waals surface area contributed by atoms with E-state index in [0.717, 1.165) is 23.5 Å². The number of alkyl halides is 3. The molecule has 3 heterocycles. The number of carbonyl (C=O) groups is 3. The molecule has 1 aliphatic rings. The second-order valence-corrected chi connectivity index (χ2v) is 11.9. The first kappa shape index (κ1) is 31.6. The molecule has 232 valence electrons. The third-order valence-corrected chi connectivity index (χ3v) is 7.42. The van der Waals surface area contributed by atoms with Crippen LogP contribution in [0.3, 0.4) is 0 Å². The molecule has 2 aromatic heterocycles. The number of rotatable bonds is 6. The van der Waals surface area contributed by atoms with Crippen molar-refractivity contribution in [2.24, 2.45) is 7.05 Å². The standard InChI is InChI=1S/C27H32F3N7O5S/c1-26(2,3)42-25(41)35-22-19(34-21(43-22)15-7-5-8-16(13-15)27(28,29)30)20(38)33-18-14-31-36(4)23(18)37-11-6-9-17(10-12-37)32-24(39)40/h5,7-8,13-14,17,32H,6,9-12H2,1-4H3,(H,33,38)(H,35,41)(H,39,40)/t17-/m1/s1. The van der Waals surface area contributed by atoms with Crippen LogP contribution in [0.1, 0.15) is 56.1 Å². The van der Waals surface area contributed by atoms with Crippen LogP contribution in [0.15, 0.2) is 30.5 Å².